The molecule has 0 spiro atoms. The van der Waals surface area contributed by atoms with E-state index >= 15 is 0 Å². The Hall–Kier alpha value is -3.31. The van der Waals surface area contributed by atoms with Gasteiger partial charge in [0.1, 0.15) is 0 Å². The summed E-state index contributed by atoms with van der Waals surface area (Å²) in [6.45, 7) is 1.20. The number of hydrogen-bond donors (Lipinski definition) is 0. The Bertz CT molecular complexity index is 1190. The van der Waals surface area contributed by atoms with Gasteiger partial charge in [0.15, 0.2) is 17.2 Å². The number of alkyl halides is 2. The summed E-state index contributed by atoms with van der Waals surface area (Å²) in [6, 6.07) is 10.0. The number of carbonyl (C=O) groups excluding carboxylic acids is 1. The van der Waals surface area contributed by atoms with E-state index in [1.54, 1.807) is 13.8 Å². The van der Waals surface area contributed by atoms with E-state index in [0.29, 0.717) is 24.2 Å². The molecule has 0 aliphatic carbocycles. The minimum Gasteiger partial charge on any atom is -0.493 e. The topological polar surface area (TPSA) is 94.5 Å². The van der Waals surface area contributed by atoms with Crippen LogP contribution in [0.4, 0.5) is 8.78 Å². The number of halogens is 2. The minimum absolute atomic E-state index is 0.0163. The van der Waals surface area contributed by atoms with E-state index in [0.717, 1.165) is 0 Å². The second kappa shape index (κ2) is 10.1. The number of cyclic esters (lactones) is 1. The van der Waals surface area contributed by atoms with Gasteiger partial charge in [-0.05, 0) is 48.0 Å². The van der Waals surface area contributed by atoms with Crippen molar-refractivity contribution in [2.75, 3.05) is 20.2 Å². The lowest BCUT2D eigenvalue weighted by Gasteiger charge is -2.18. The van der Waals surface area contributed by atoms with Gasteiger partial charge in [-0.15, -0.1) is 0 Å². The van der Waals surface area contributed by atoms with Crippen LogP contribution in [0.1, 0.15) is 25.0 Å². The fraction of sp³-hybridized carbons (Fsp3) is 0.273. The molecular formula is C22H22F2N2O6S. The van der Waals surface area contributed by atoms with Crippen molar-refractivity contribution in [2.24, 2.45) is 4.99 Å². The van der Waals surface area contributed by atoms with Crippen LogP contribution in [0.5, 0.6) is 11.5 Å². The molecule has 1 aliphatic heterocycles. The van der Waals surface area contributed by atoms with Gasteiger partial charge in [0, 0.05) is 18.7 Å². The number of methoxy groups -OCH3 is 1. The molecule has 0 saturated carbocycles. The molecule has 8 nitrogen and oxygen atoms in total. The number of aliphatic imine (C=N–C) groups is 1. The Labute approximate surface area is 190 Å². The zero-order chi connectivity index (χ0) is 24.2. The molecule has 3 rings (SSSR count). The third-order valence-electron chi connectivity index (χ3n) is 4.77. The summed E-state index contributed by atoms with van der Waals surface area (Å²) in [4.78, 5) is 16.6. The van der Waals surface area contributed by atoms with Crippen molar-refractivity contribution in [3.8, 4) is 11.5 Å². The first-order chi connectivity index (χ1) is 15.7. The standard InChI is InChI=1S/C22H22F2N2O6S/c1-4-26(5-2)33(28,29)16-9-7-15(8-10-16)20-25-17(21(27)32-20)12-14-6-11-18(31-22(23)24)19(13-14)30-3/h6-13,22H,4-5H2,1-3H3/b17-12-. The van der Waals surface area contributed by atoms with Crippen molar-refractivity contribution in [3.05, 3.63) is 59.3 Å². The maximum Gasteiger partial charge on any atom is 0.387 e. The molecule has 176 valence electrons. The lowest BCUT2D eigenvalue weighted by molar-refractivity contribution is -0.129. The number of rotatable bonds is 9. The highest BCUT2D eigenvalue weighted by Gasteiger charge is 2.26. The van der Waals surface area contributed by atoms with Gasteiger partial charge in [-0.3, -0.25) is 0 Å². The Kier molecular flexibility index (Phi) is 7.44. The molecule has 2 aromatic rings. The van der Waals surface area contributed by atoms with Crippen LogP contribution in [0.25, 0.3) is 6.08 Å². The lowest BCUT2D eigenvalue weighted by Crippen LogP contribution is -2.30. The maximum absolute atomic E-state index is 12.6. The Morgan fingerprint density at radius 1 is 1.09 bits per heavy atom. The Balaban J connectivity index is 1.86. The van der Waals surface area contributed by atoms with Crippen LogP contribution in [-0.2, 0) is 19.6 Å². The first-order valence-corrected chi connectivity index (χ1v) is 11.4. The fourth-order valence-corrected chi connectivity index (χ4v) is 4.60. The number of esters is 1. The second-order valence-corrected chi connectivity index (χ2v) is 8.68. The van der Waals surface area contributed by atoms with Crippen molar-refractivity contribution in [2.45, 2.75) is 25.4 Å². The number of ether oxygens (including phenoxy) is 3. The van der Waals surface area contributed by atoms with Crippen molar-refractivity contribution >= 4 is 28.0 Å². The van der Waals surface area contributed by atoms with Gasteiger partial charge >= 0.3 is 12.6 Å². The molecular weight excluding hydrogens is 458 g/mol. The minimum atomic E-state index is -3.62. The Morgan fingerprint density at radius 2 is 1.76 bits per heavy atom. The smallest absolute Gasteiger partial charge is 0.387 e. The number of sulfonamides is 1. The molecule has 0 atom stereocenters. The van der Waals surface area contributed by atoms with Gasteiger partial charge < -0.3 is 14.2 Å². The molecule has 1 heterocycles. The third-order valence-corrected chi connectivity index (χ3v) is 6.84. The highest BCUT2D eigenvalue weighted by Crippen LogP contribution is 2.31. The molecule has 0 amide bonds. The molecule has 2 aromatic carbocycles. The molecule has 11 heteroatoms. The average molecular weight is 480 g/mol. The summed E-state index contributed by atoms with van der Waals surface area (Å²) in [7, 11) is -2.32. The van der Waals surface area contributed by atoms with Gasteiger partial charge in [0.25, 0.3) is 0 Å². The molecule has 1 aliphatic rings. The second-order valence-electron chi connectivity index (χ2n) is 6.74. The average Bonchev–Trinajstić information content (AvgIpc) is 3.15. The van der Waals surface area contributed by atoms with E-state index in [4.69, 9.17) is 9.47 Å². The van der Waals surface area contributed by atoms with E-state index in [1.807, 2.05) is 0 Å². The SMILES string of the molecule is CCN(CC)S(=O)(=O)c1ccc(C2=N/C(=C\c3ccc(OC(F)F)c(OC)c3)C(=O)O2)cc1. The van der Waals surface area contributed by atoms with Crippen LogP contribution in [0.3, 0.4) is 0 Å². The molecule has 0 N–H and O–H groups in total. The molecule has 0 bridgehead atoms. The van der Waals surface area contributed by atoms with Gasteiger partial charge in [0.05, 0.1) is 12.0 Å². The summed E-state index contributed by atoms with van der Waals surface area (Å²) in [5.41, 5.74) is 0.851. The summed E-state index contributed by atoms with van der Waals surface area (Å²) < 4.78 is 66.2. The predicted molar refractivity (Wildman–Crippen MR) is 117 cm³/mol. The zero-order valence-corrected chi connectivity index (χ0v) is 18.9. The van der Waals surface area contributed by atoms with E-state index in [2.05, 4.69) is 9.73 Å². The van der Waals surface area contributed by atoms with Gasteiger partial charge in [-0.1, -0.05) is 19.9 Å². The van der Waals surface area contributed by atoms with Crippen molar-refractivity contribution in [3.63, 3.8) is 0 Å². The van der Waals surface area contributed by atoms with Crippen LogP contribution < -0.4 is 9.47 Å². The highest BCUT2D eigenvalue weighted by atomic mass is 32.2. The monoisotopic (exact) mass is 480 g/mol. The summed E-state index contributed by atoms with van der Waals surface area (Å²) in [5.74, 6) is -0.780. The van der Waals surface area contributed by atoms with E-state index in [-0.39, 0.29) is 28.0 Å². The molecule has 0 fully saturated rings. The largest absolute Gasteiger partial charge is 0.493 e. The first-order valence-electron chi connectivity index (χ1n) is 9.95. The molecule has 0 radical (unpaired) electrons. The van der Waals surface area contributed by atoms with E-state index in [9.17, 15) is 22.0 Å². The zero-order valence-electron chi connectivity index (χ0n) is 18.1. The van der Waals surface area contributed by atoms with Crippen LogP contribution in [0, 0.1) is 0 Å². The first kappa shape index (κ1) is 24.3. The number of hydrogen-bond acceptors (Lipinski definition) is 7. The van der Waals surface area contributed by atoms with E-state index in [1.165, 1.54) is 60.0 Å². The van der Waals surface area contributed by atoms with Gasteiger partial charge in [0.2, 0.25) is 15.9 Å². The number of carbonyl (C=O) groups is 1. The Morgan fingerprint density at radius 3 is 2.33 bits per heavy atom. The normalized spacial score (nSPS) is 15.2. The van der Waals surface area contributed by atoms with Crippen LogP contribution >= 0.6 is 0 Å². The molecule has 33 heavy (non-hydrogen) atoms. The summed E-state index contributed by atoms with van der Waals surface area (Å²) >= 11 is 0. The van der Waals surface area contributed by atoms with Gasteiger partial charge in [-0.2, -0.15) is 13.1 Å². The summed E-state index contributed by atoms with van der Waals surface area (Å²) in [5, 5.41) is 0. The quantitative estimate of drug-likeness (QED) is 0.402. The van der Waals surface area contributed by atoms with Gasteiger partial charge in [-0.25, -0.2) is 18.2 Å². The lowest BCUT2D eigenvalue weighted by atomic mass is 10.1. The van der Waals surface area contributed by atoms with E-state index < -0.39 is 22.6 Å². The van der Waals surface area contributed by atoms with Crippen LogP contribution in [0.15, 0.2) is 58.0 Å². The molecule has 0 saturated heterocycles. The highest BCUT2D eigenvalue weighted by molar-refractivity contribution is 7.89. The number of benzene rings is 2. The van der Waals surface area contributed by atoms with Crippen LogP contribution in [-0.4, -0.2) is 51.4 Å². The number of nitrogens with zero attached hydrogens (tertiary/aromatic N) is 2. The van der Waals surface area contributed by atoms with Crippen molar-refractivity contribution in [1.82, 2.24) is 4.31 Å². The maximum atomic E-state index is 12.6. The van der Waals surface area contributed by atoms with Crippen LogP contribution in [0.2, 0.25) is 0 Å². The van der Waals surface area contributed by atoms with Crippen molar-refractivity contribution in [1.29, 1.82) is 0 Å². The summed E-state index contributed by atoms with van der Waals surface area (Å²) in [6.07, 6.45) is 1.41. The molecule has 0 unspecified atom stereocenters. The third kappa shape index (κ3) is 5.37. The van der Waals surface area contributed by atoms with Crippen molar-refractivity contribution < 1.29 is 36.2 Å². The molecule has 0 aromatic heterocycles. The predicted octanol–water partition coefficient (Wildman–Crippen LogP) is 3.67. The fourth-order valence-electron chi connectivity index (χ4n) is 3.14.